The normalized spacial score (nSPS) is 17.8. The van der Waals surface area contributed by atoms with Crippen LogP contribution in [-0.4, -0.2) is 107 Å². The number of aromatic nitrogens is 1. The zero-order valence-corrected chi connectivity index (χ0v) is 29.3. The largest absolute Gasteiger partial charge is 0.490 e. The van der Waals surface area contributed by atoms with Gasteiger partial charge in [-0.3, -0.25) is 9.78 Å². The summed E-state index contributed by atoms with van der Waals surface area (Å²) in [6, 6.07) is 14.3. The summed E-state index contributed by atoms with van der Waals surface area (Å²) in [5, 5.41) is 48.5. The molecule has 272 valence electrons. The molecule has 2 fully saturated rings. The Morgan fingerprint density at radius 1 is 1.06 bits per heavy atom. The van der Waals surface area contributed by atoms with Crippen LogP contribution in [0.1, 0.15) is 49.7 Å². The third-order valence-corrected chi connectivity index (χ3v) is 10.8. The van der Waals surface area contributed by atoms with Crippen molar-refractivity contribution in [2.45, 2.75) is 86.1 Å². The molecule has 1 amide bonds. The third-order valence-electron chi connectivity index (χ3n) is 8.94. The molecule has 2 aliphatic carbocycles. The lowest BCUT2D eigenvalue weighted by Gasteiger charge is -2.28. The Balaban J connectivity index is 1.16. The van der Waals surface area contributed by atoms with Crippen molar-refractivity contribution < 1.29 is 48.2 Å². The van der Waals surface area contributed by atoms with Gasteiger partial charge in [-0.05, 0) is 80.0 Å². The van der Waals surface area contributed by atoms with E-state index in [4.69, 9.17) is 26.2 Å². The molecule has 15 heteroatoms. The second-order valence-corrected chi connectivity index (χ2v) is 15.0. The fourth-order valence-corrected chi connectivity index (χ4v) is 6.86. The molecule has 0 bridgehead atoms. The van der Waals surface area contributed by atoms with Gasteiger partial charge in [0.05, 0.1) is 29.8 Å². The molecule has 5 rings (SSSR count). The van der Waals surface area contributed by atoms with Crippen molar-refractivity contribution >= 4 is 27.5 Å². The Bertz CT molecular complexity index is 1740. The molecule has 2 saturated carbocycles. The van der Waals surface area contributed by atoms with Crippen molar-refractivity contribution in [3.05, 3.63) is 77.1 Å². The average molecular weight is 734 g/mol. The highest BCUT2D eigenvalue weighted by Crippen LogP contribution is 2.53. The molecule has 50 heavy (non-hydrogen) atoms. The van der Waals surface area contributed by atoms with E-state index in [0.29, 0.717) is 23.4 Å². The summed E-state index contributed by atoms with van der Waals surface area (Å²) in [7, 11) is -2.54. The molecule has 6 N–H and O–H groups in total. The highest BCUT2D eigenvalue weighted by atomic mass is 35.5. The van der Waals surface area contributed by atoms with Crippen LogP contribution in [0, 0.1) is 0 Å². The molecule has 0 radical (unpaired) electrons. The van der Waals surface area contributed by atoms with E-state index in [1.165, 1.54) is 25.2 Å². The number of pyridine rings is 1. The van der Waals surface area contributed by atoms with Crippen LogP contribution in [0.15, 0.2) is 65.8 Å². The number of carbonyl (C=O) groups excluding carboxylic acids is 1. The summed E-state index contributed by atoms with van der Waals surface area (Å²) in [4.78, 5) is 17.9. The smallest absolute Gasteiger partial charge is 0.253 e. The molecule has 0 spiro atoms. The van der Waals surface area contributed by atoms with Crippen molar-refractivity contribution in [1.29, 1.82) is 0 Å². The van der Waals surface area contributed by atoms with Gasteiger partial charge in [-0.1, -0.05) is 29.8 Å². The van der Waals surface area contributed by atoms with Gasteiger partial charge >= 0.3 is 0 Å². The molecular formula is C35H44ClN3O10S. The molecule has 0 saturated heterocycles. The number of hydrogen-bond donors (Lipinski definition) is 6. The minimum Gasteiger partial charge on any atom is -0.490 e. The van der Waals surface area contributed by atoms with E-state index in [9.17, 15) is 33.6 Å². The van der Waals surface area contributed by atoms with E-state index < -0.39 is 52.6 Å². The van der Waals surface area contributed by atoms with E-state index in [2.05, 4.69) is 9.71 Å². The van der Waals surface area contributed by atoms with Gasteiger partial charge in [-0.2, -0.15) is 0 Å². The van der Waals surface area contributed by atoms with E-state index >= 15 is 0 Å². The monoisotopic (exact) mass is 733 g/mol. The highest BCUT2D eigenvalue weighted by Gasteiger charge is 2.48. The second-order valence-electron chi connectivity index (χ2n) is 12.8. The number of rotatable bonds is 19. The number of amides is 1. The van der Waals surface area contributed by atoms with Crippen LogP contribution in [-0.2, 0) is 31.8 Å². The summed E-state index contributed by atoms with van der Waals surface area (Å²) < 4.78 is 41.5. The number of hydrogen-bond acceptors (Lipinski definition) is 11. The summed E-state index contributed by atoms with van der Waals surface area (Å²) in [6.07, 6.45) is 0.427. The molecular weight excluding hydrogens is 690 g/mol. The predicted octanol–water partition coefficient (Wildman–Crippen LogP) is 2.10. The maximum atomic E-state index is 13.2. The van der Waals surface area contributed by atoms with Crippen molar-refractivity contribution in [3.63, 3.8) is 0 Å². The minimum atomic E-state index is -3.92. The zero-order valence-electron chi connectivity index (χ0n) is 27.7. The van der Waals surface area contributed by atoms with E-state index in [-0.39, 0.29) is 30.7 Å². The Kier molecular flexibility index (Phi) is 12.5. The SMILES string of the molecule is CN(CCCCNS(=O)(=O)c1ccc(Cl)c(COC2(c3cnccc3-c3ccccc3OC3CC3)CC2)c1)C(=O)[C@@H](O)[C@@H](O)[C@H](O)[C@@H](O)CO. The van der Waals surface area contributed by atoms with Gasteiger partial charge in [-0.15, -0.1) is 0 Å². The number of unbranched alkanes of at least 4 members (excludes halogenated alkanes) is 1. The first-order chi connectivity index (χ1) is 23.9. The number of halogens is 1. The molecule has 0 unspecified atom stereocenters. The van der Waals surface area contributed by atoms with Gasteiger partial charge < -0.3 is 39.9 Å². The lowest BCUT2D eigenvalue weighted by molar-refractivity contribution is -0.157. The van der Waals surface area contributed by atoms with Gasteiger partial charge in [0.25, 0.3) is 5.91 Å². The fraction of sp³-hybridized carbons (Fsp3) is 0.486. The summed E-state index contributed by atoms with van der Waals surface area (Å²) in [6.45, 7) is -0.612. The predicted molar refractivity (Wildman–Crippen MR) is 184 cm³/mol. The maximum Gasteiger partial charge on any atom is 0.253 e. The molecule has 2 aromatic carbocycles. The molecule has 0 aliphatic heterocycles. The van der Waals surface area contributed by atoms with Crippen LogP contribution in [0.5, 0.6) is 5.75 Å². The van der Waals surface area contributed by atoms with Crippen LogP contribution in [0.3, 0.4) is 0 Å². The first kappa shape index (κ1) is 38.1. The van der Waals surface area contributed by atoms with Gasteiger partial charge in [0.1, 0.15) is 24.1 Å². The fourth-order valence-electron chi connectivity index (χ4n) is 5.57. The number of aliphatic hydroxyl groups excluding tert-OH is 5. The number of sulfonamides is 1. The van der Waals surface area contributed by atoms with Crippen molar-refractivity contribution in [2.24, 2.45) is 0 Å². The molecule has 1 heterocycles. The molecule has 3 aromatic rings. The number of nitrogens with one attached hydrogen (secondary N) is 1. The summed E-state index contributed by atoms with van der Waals surface area (Å²) in [5.74, 6) is -0.0864. The van der Waals surface area contributed by atoms with Crippen LogP contribution in [0.25, 0.3) is 11.1 Å². The van der Waals surface area contributed by atoms with E-state index in [1.807, 2.05) is 36.5 Å². The van der Waals surface area contributed by atoms with E-state index in [1.54, 1.807) is 6.20 Å². The average Bonchev–Trinajstić information content (AvgIpc) is 4.07. The van der Waals surface area contributed by atoms with Crippen molar-refractivity contribution in [1.82, 2.24) is 14.6 Å². The van der Waals surface area contributed by atoms with Crippen LogP contribution in [0.4, 0.5) is 0 Å². The first-order valence-corrected chi connectivity index (χ1v) is 18.4. The number of likely N-dealkylation sites (N-methyl/N-ethyl adjacent to an activating group) is 1. The van der Waals surface area contributed by atoms with Crippen LogP contribution >= 0.6 is 11.6 Å². The molecule has 13 nitrogen and oxygen atoms in total. The van der Waals surface area contributed by atoms with Gasteiger partial charge in [0, 0.05) is 48.7 Å². The maximum absolute atomic E-state index is 13.2. The van der Waals surface area contributed by atoms with Gasteiger partial charge in [-0.25, -0.2) is 13.1 Å². The van der Waals surface area contributed by atoms with Crippen LogP contribution in [0.2, 0.25) is 5.02 Å². The summed E-state index contributed by atoms with van der Waals surface area (Å²) >= 11 is 6.50. The summed E-state index contributed by atoms with van der Waals surface area (Å²) in [5.41, 5.74) is 2.79. The number of benzene rings is 2. The van der Waals surface area contributed by atoms with Crippen LogP contribution < -0.4 is 9.46 Å². The number of para-hydroxylation sites is 1. The molecule has 4 atom stereocenters. The lowest BCUT2D eigenvalue weighted by atomic mass is 9.96. The van der Waals surface area contributed by atoms with Crippen molar-refractivity contribution in [3.8, 4) is 16.9 Å². The standard InChI is InChI=1S/C35H44ClN3O10S/c1-39(34(45)33(44)32(43)31(42)29(41)20-40)17-5-4-15-38-50(46,47)24-10-11-28(36)22(18-24)21-48-35(13-14-35)27-19-37-16-12-25(27)26-6-2-3-7-30(26)49-23-8-9-23/h2-3,6-7,10-12,16,18-19,23,29,31-33,38,40-44H,4-5,8-9,13-15,17,20-21H2,1H3/t29-,31+,32-,33-/m0/s1. The number of carbonyl (C=O) groups is 1. The quantitative estimate of drug-likeness (QED) is 0.0987. The van der Waals surface area contributed by atoms with Crippen molar-refractivity contribution in [2.75, 3.05) is 26.7 Å². The minimum absolute atomic E-state index is 0.0200. The number of ether oxygens (including phenoxy) is 2. The third kappa shape index (κ3) is 9.18. The molecule has 2 aliphatic rings. The zero-order chi connectivity index (χ0) is 36.1. The van der Waals surface area contributed by atoms with Gasteiger partial charge in [0.2, 0.25) is 10.0 Å². The Labute approximate surface area is 296 Å². The van der Waals surface area contributed by atoms with Gasteiger partial charge in [0.15, 0.2) is 6.10 Å². The highest BCUT2D eigenvalue weighted by molar-refractivity contribution is 7.89. The van der Waals surface area contributed by atoms with E-state index in [0.717, 1.165) is 53.0 Å². The number of aliphatic hydroxyl groups is 5. The second kappa shape index (κ2) is 16.4. The first-order valence-electron chi connectivity index (χ1n) is 16.6. The number of nitrogens with zero attached hydrogens (tertiary/aromatic N) is 2. The Morgan fingerprint density at radius 3 is 2.50 bits per heavy atom. The molecule has 1 aromatic heterocycles. The lowest BCUT2D eigenvalue weighted by Crippen LogP contribution is -2.52. The topological polar surface area (TPSA) is 199 Å². The Morgan fingerprint density at radius 2 is 1.80 bits per heavy atom. The Hall–Kier alpha value is -3.18.